The summed E-state index contributed by atoms with van der Waals surface area (Å²) in [6.07, 6.45) is 0. The maximum absolute atomic E-state index is 13.0. The van der Waals surface area contributed by atoms with Gasteiger partial charge in [-0.05, 0) is 44.0 Å². The monoisotopic (exact) mass is 413 g/mol. The van der Waals surface area contributed by atoms with Gasteiger partial charge in [0.2, 0.25) is 5.91 Å². The number of nitrogens with one attached hydrogen (secondary N) is 1. The normalized spacial score (nSPS) is 18.9. The fraction of sp³-hybridized carbons (Fsp3) is 0.318. The Balaban J connectivity index is 1.77. The van der Waals surface area contributed by atoms with Gasteiger partial charge >= 0.3 is 6.03 Å². The summed E-state index contributed by atoms with van der Waals surface area (Å²) in [7, 11) is 0. The van der Waals surface area contributed by atoms with E-state index in [9.17, 15) is 14.4 Å². The van der Waals surface area contributed by atoms with Crippen LogP contribution in [0.25, 0.3) is 0 Å². The summed E-state index contributed by atoms with van der Waals surface area (Å²) in [5, 5.41) is 3.25. The van der Waals surface area contributed by atoms with Crippen LogP contribution in [0, 0.1) is 0 Å². The molecule has 1 aliphatic rings. The predicted molar refractivity (Wildman–Crippen MR) is 111 cm³/mol. The van der Waals surface area contributed by atoms with Crippen molar-refractivity contribution in [2.45, 2.75) is 38.9 Å². The van der Waals surface area contributed by atoms with E-state index in [1.807, 2.05) is 44.2 Å². The van der Waals surface area contributed by atoms with Gasteiger partial charge < -0.3 is 10.2 Å². The molecule has 0 unspecified atom stereocenters. The van der Waals surface area contributed by atoms with Gasteiger partial charge in [0.15, 0.2) is 0 Å². The number of nitrogens with zero attached hydrogens (tertiary/aromatic N) is 2. The third-order valence-corrected chi connectivity index (χ3v) is 5.38. The topological polar surface area (TPSA) is 69.7 Å². The second-order valence-electron chi connectivity index (χ2n) is 7.55. The third-order valence-electron chi connectivity index (χ3n) is 5.13. The lowest BCUT2D eigenvalue weighted by Gasteiger charge is -2.28. The minimum atomic E-state index is -1.23. The maximum Gasteiger partial charge on any atom is 0.325 e. The van der Waals surface area contributed by atoms with E-state index >= 15 is 0 Å². The van der Waals surface area contributed by atoms with Gasteiger partial charge in [0, 0.05) is 17.6 Å². The van der Waals surface area contributed by atoms with Crippen LogP contribution >= 0.6 is 11.6 Å². The molecule has 7 heteroatoms. The molecule has 0 saturated carbocycles. The Morgan fingerprint density at radius 2 is 1.72 bits per heavy atom. The van der Waals surface area contributed by atoms with Crippen LogP contribution in [0.2, 0.25) is 5.02 Å². The molecule has 2 aromatic rings. The van der Waals surface area contributed by atoms with Crippen molar-refractivity contribution in [1.29, 1.82) is 0 Å². The first-order valence-electron chi connectivity index (χ1n) is 9.46. The van der Waals surface area contributed by atoms with Gasteiger partial charge in [-0.15, -0.1) is 0 Å². The Morgan fingerprint density at radius 3 is 2.31 bits per heavy atom. The fourth-order valence-electron chi connectivity index (χ4n) is 3.38. The Bertz CT molecular complexity index is 915. The summed E-state index contributed by atoms with van der Waals surface area (Å²) in [6.45, 7) is 5.55. The van der Waals surface area contributed by atoms with Crippen LogP contribution in [-0.2, 0) is 21.7 Å². The Labute approximate surface area is 175 Å². The Kier molecular flexibility index (Phi) is 5.94. The number of rotatable bonds is 6. The van der Waals surface area contributed by atoms with Crippen LogP contribution in [0.5, 0.6) is 0 Å². The van der Waals surface area contributed by atoms with E-state index in [0.717, 1.165) is 10.5 Å². The molecular formula is C22H24ClN3O3. The molecule has 1 heterocycles. The summed E-state index contributed by atoms with van der Waals surface area (Å²) < 4.78 is 0. The van der Waals surface area contributed by atoms with Gasteiger partial charge in [-0.1, -0.05) is 54.1 Å². The summed E-state index contributed by atoms with van der Waals surface area (Å²) in [6, 6.07) is 15.7. The second kappa shape index (κ2) is 8.25. The maximum atomic E-state index is 13.0. The molecule has 1 saturated heterocycles. The van der Waals surface area contributed by atoms with Gasteiger partial charge in [0.05, 0.1) is 0 Å². The number of urea groups is 1. The quantitative estimate of drug-likeness (QED) is 0.736. The molecule has 3 rings (SSSR count). The number of hydrogen-bond acceptors (Lipinski definition) is 3. The molecule has 152 valence electrons. The first-order valence-corrected chi connectivity index (χ1v) is 9.83. The molecular weight excluding hydrogens is 390 g/mol. The predicted octanol–water partition coefficient (Wildman–Crippen LogP) is 3.54. The summed E-state index contributed by atoms with van der Waals surface area (Å²) in [5.74, 6) is -0.741. The molecule has 1 fully saturated rings. The first kappa shape index (κ1) is 20.9. The van der Waals surface area contributed by atoms with Crippen molar-refractivity contribution in [3.8, 4) is 0 Å². The molecule has 0 radical (unpaired) electrons. The highest BCUT2D eigenvalue weighted by atomic mass is 35.5. The van der Waals surface area contributed by atoms with E-state index in [1.54, 1.807) is 36.1 Å². The zero-order valence-electron chi connectivity index (χ0n) is 16.7. The van der Waals surface area contributed by atoms with Crippen molar-refractivity contribution in [2.75, 3.05) is 6.54 Å². The third kappa shape index (κ3) is 4.27. The minimum absolute atomic E-state index is 0.0777. The van der Waals surface area contributed by atoms with E-state index in [1.165, 1.54) is 0 Å². The molecule has 29 heavy (non-hydrogen) atoms. The van der Waals surface area contributed by atoms with Crippen LogP contribution in [0.4, 0.5) is 4.79 Å². The lowest BCUT2D eigenvalue weighted by Crippen LogP contribution is -2.46. The van der Waals surface area contributed by atoms with E-state index in [2.05, 4.69) is 5.32 Å². The average molecular weight is 414 g/mol. The van der Waals surface area contributed by atoms with Gasteiger partial charge in [-0.25, -0.2) is 4.79 Å². The number of carbonyl (C=O) groups is 3. The van der Waals surface area contributed by atoms with E-state index in [0.29, 0.717) is 17.1 Å². The SMILES string of the molecule is CC(C)N(Cc1ccccc1)C(=O)CN1C(=O)N[C@@](C)(c2ccc(Cl)cc2)C1=O. The lowest BCUT2D eigenvalue weighted by molar-refractivity contribution is -0.140. The van der Waals surface area contributed by atoms with Crippen LogP contribution in [0.1, 0.15) is 31.9 Å². The summed E-state index contributed by atoms with van der Waals surface area (Å²) in [5.41, 5.74) is 0.363. The second-order valence-corrected chi connectivity index (χ2v) is 7.99. The smallest absolute Gasteiger partial charge is 0.325 e. The summed E-state index contributed by atoms with van der Waals surface area (Å²) in [4.78, 5) is 41.2. The van der Waals surface area contributed by atoms with Crippen LogP contribution in [-0.4, -0.2) is 40.2 Å². The Morgan fingerprint density at radius 1 is 1.10 bits per heavy atom. The number of imide groups is 1. The molecule has 0 bridgehead atoms. The number of benzene rings is 2. The molecule has 4 amide bonds. The summed E-state index contributed by atoms with van der Waals surface area (Å²) >= 11 is 5.92. The van der Waals surface area contributed by atoms with Crippen LogP contribution in [0.3, 0.4) is 0 Å². The van der Waals surface area contributed by atoms with E-state index < -0.39 is 17.5 Å². The first-order chi connectivity index (χ1) is 13.7. The Hall–Kier alpha value is -2.86. The highest BCUT2D eigenvalue weighted by Gasteiger charge is 2.49. The number of halogens is 1. The van der Waals surface area contributed by atoms with Crippen molar-refractivity contribution in [1.82, 2.24) is 15.1 Å². The average Bonchev–Trinajstić information content (AvgIpc) is 2.91. The lowest BCUT2D eigenvalue weighted by atomic mass is 9.92. The number of hydrogen-bond donors (Lipinski definition) is 1. The molecule has 0 aromatic heterocycles. The molecule has 0 spiro atoms. The van der Waals surface area contributed by atoms with Crippen molar-refractivity contribution in [2.24, 2.45) is 0 Å². The fourth-order valence-corrected chi connectivity index (χ4v) is 3.51. The minimum Gasteiger partial charge on any atom is -0.334 e. The molecule has 1 atom stereocenters. The molecule has 2 aromatic carbocycles. The highest BCUT2D eigenvalue weighted by Crippen LogP contribution is 2.29. The largest absolute Gasteiger partial charge is 0.334 e. The van der Waals surface area contributed by atoms with Gasteiger partial charge in [0.25, 0.3) is 5.91 Å². The van der Waals surface area contributed by atoms with Crippen molar-refractivity contribution in [3.63, 3.8) is 0 Å². The van der Waals surface area contributed by atoms with Crippen LogP contribution < -0.4 is 5.32 Å². The standard InChI is InChI=1S/C22H24ClN3O3/c1-15(2)25(13-16-7-5-4-6-8-16)19(27)14-26-20(28)22(3,24-21(26)29)17-9-11-18(23)12-10-17/h4-12,15H,13-14H2,1-3H3,(H,24,29)/t22-/m0/s1. The van der Waals surface area contributed by atoms with Crippen LogP contribution in [0.15, 0.2) is 54.6 Å². The van der Waals surface area contributed by atoms with Crippen molar-refractivity contribution in [3.05, 3.63) is 70.7 Å². The van der Waals surface area contributed by atoms with Crippen molar-refractivity contribution < 1.29 is 14.4 Å². The zero-order chi connectivity index (χ0) is 21.2. The highest BCUT2D eigenvalue weighted by molar-refractivity contribution is 6.30. The van der Waals surface area contributed by atoms with E-state index in [4.69, 9.17) is 11.6 Å². The van der Waals surface area contributed by atoms with Crippen molar-refractivity contribution >= 4 is 29.4 Å². The molecule has 0 aliphatic carbocycles. The molecule has 6 nitrogen and oxygen atoms in total. The van der Waals surface area contributed by atoms with Gasteiger partial charge in [-0.3, -0.25) is 14.5 Å². The number of amides is 4. The van der Waals surface area contributed by atoms with E-state index in [-0.39, 0.29) is 18.5 Å². The van der Waals surface area contributed by atoms with Gasteiger partial charge in [-0.2, -0.15) is 0 Å². The zero-order valence-corrected chi connectivity index (χ0v) is 17.4. The molecule has 1 aliphatic heterocycles. The van der Waals surface area contributed by atoms with Gasteiger partial charge in [0.1, 0.15) is 12.1 Å². The number of carbonyl (C=O) groups excluding carboxylic acids is 3. The molecule has 1 N–H and O–H groups in total.